The fourth-order valence-electron chi connectivity index (χ4n) is 4.48. The molecule has 0 aromatic carbocycles. The van der Waals surface area contributed by atoms with Crippen molar-refractivity contribution in [2.24, 2.45) is 0 Å². The van der Waals surface area contributed by atoms with Crippen molar-refractivity contribution < 1.29 is 54.7 Å². The molecule has 0 aliphatic carbocycles. The van der Waals surface area contributed by atoms with Gasteiger partial charge in [-0.05, 0) is 6.42 Å². The molecule has 2 rings (SSSR count). The Balaban J connectivity index is 1.74. The molecule has 208 valence electrons. The van der Waals surface area contributed by atoms with E-state index in [1.165, 1.54) is 44.9 Å². The van der Waals surface area contributed by atoms with Crippen molar-refractivity contribution in [3.63, 3.8) is 0 Å². The average Bonchev–Trinajstić information content (AvgIpc) is 2.86. The lowest BCUT2D eigenvalue weighted by Crippen LogP contribution is -2.64. The summed E-state index contributed by atoms with van der Waals surface area (Å²) in [7, 11) is 0. The number of ether oxygens (including phenoxy) is 4. The van der Waals surface area contributed by atoms with E-state index in [0.29, 0.717) is 6.61 Å². The lowest BCUT2D eigenvalue weighted by Gasteiger charge is -2.45. The number of hydrogen-bond acceptors (Lipinski definition) is 11. The average molecular weight is 511 g/mol. The van der Waals surface area contributed by atoms with Crippen molar-refractivity contribution >= 4 is 0 Å². The maximum absolute atomic E-state index is 10.6. The Bertz CT molecular complexity index is 550. The maximum atomic E-state index is 10.6. The molecule has 2 heterocycles. The second-order valence-corrected chi connectivity index (χ2v) is 9.56. The maximum Gasteiger partial charge on any atom is 0.187 e. The van der Waals surface area contributed by atoms with Gasteiger partial charge in [0.2, 0.25) is 0 Å². The smallest absolute Gasteiger partial charge is 0.187 e. The van der Waals surface area contributed by atoms with Gasteiger partial charge in [0, 0.05) is 6.61 Å². The van der Waals surface area contributed by atoms with Gasteiger partial charge in [-0.1, -0.05) is 64.7 Å². The van der Waals surface area contributed by atoms with E-state index in [4.69, 9.17) is 18.9 Å². The van der Waals surface area contributed by atoms with Crippen LogP contribution in [0.25, 0.3) is 0 Å². The Hall–Kier alpha value is -0.440. The van der Waals surface area contributed by atoms with Gasteiger partial charge in [-0.15, -0.1) is 0 Å². The van der Waals surface area contributed by atoms with Gasteiger partial charge in [0.25, 0.3) is 0 Å². The third-order valence-electron chi connectivity index (χ3n) is 6.74. The van der Waals surface area contributed by atoms with E-state index in [2.05, 4.69) is 6.92 Å². The molecule has 2 aliphatic rings. The minimum absolute atomic E-state index is 0.321. The molecule has 11 nitrogen and oxygen atoms in total. The molecule has 0 aromatic rings. The standard InChI is InChI=1S/C24H46O11/c1-2-3-4-5-6-7-8-9-10-11-12-32-23-21(31)19(29)22(16(14-26)34-23)35-24-20(30)18(28)17(27)15(13-25)33-24/h15-31H,2-14H2,1H3/t15-,16-,17-,18+,19-,20-,21-,22-,23-,24?/m1/s1. The van der Waals surface area contributed by atoms with Gasteiger partial charge in [0.15, 0.2) is 12.6 Å². The summed E-state index contributed by atoms with van der Waals surface area (Å²) in [6.45, 7) is 1.31. The van der Waals surface area contributed by atoms with Gasteiger partial charge in [0.1, 0.15) is 48.8 Å². The summed E-state index contributed by atoms with van der Waals surface area (Å²) in [4.78, 5) is 0. The monoisotopic (exact) mass is 510 g/mol. The number of aliphatic hydroxyl groups is 7. The normalized spacial score (nSPS) is 38.1. The molecule has 0 bridgehead atoms. The number of unbranched alkanes of at least 4 members (excludes halogenated alkanes) is 9. The van der Waals surface area contributed by atoms with Crippen LogP contribution in [-0.4, -0.2) is 117 Å². The Kier molecular flexibility index (Phi) is 14.4. The quantitative estimate of drug-likeness (QED) is 0.134. The van der Waals surface area contributed by atoms with Crippen LogP contribution in [0.3, 0.4) is 0 Å². The highest BCUT2D eigenvalue weighted by Gasteiger charge is 2.50. The molecule has 11 heteroatoms. The van der Waals surface area contributed by atoms with E-state index in [-0.39, 0.29) is 0 Å². The highest BCUT2D eigenvalue weighted by atomic mass is 16.7. The molecular weight excluding hydrogens is 464 g/mol. The van der Waals surface area contributed by atoms with Crippen LogP contribution in [0.5, 0.6) is 0 Å². The van der Waals surface area contributed by atoms with E-state index in [1.54, 1.807) is 0 Å². The van der Waals surface area contributed by atoms with E-state index in [9.17, 15) is 35.7 Å². The number of rotatable bonds is 16. The molecule has 2 aliphatic heterocycles. The van der Waals surface area contributed by atoms with Gasteiger partial charge < -0.3 is 54.7 Å². The summed E-state index contributed by atoms with van der Waals surface area (Å²) in [5, 5.41) is 70.1. The van der Waals surface area contributed by atoms with Crippen LogP contribution in [0.1, 0.15) is 71.1 Å². The molecule has 35 heavy (non-hydrogen) atoms. The lowest BCUT2D eigenvalue weighted by molar-refractivity contribution is -0.359. The molecule has 0 spiro atoms. The zero-order valence-corrected chi connectivity index (χ0v) is 20.7. The number of hydrogen-bond donors (Lipinski definition) is 7. The Morgan fingerprint density at radius 1 is 0.571 bits per heavy atom. The minimum atomic E-state index is -1.69. The van der Waals surface area contributed by atoms with Gasteiger partial charge in [0.05, 0.1) is 13.2 Å². The van der Waals surface area contributed by atoms with E-state index in [0.717, 1.165) is 19.3 Å². The van der Waals surface area contributed by atoms with Crippen molar-refractivity contribution in [2.75, 3.05) is 19.8 Å². The van der Waals surface area contributed by atoms with Crippen LogP contribution in [0.15, 0.2) is 0 Å². The van der Waals surface area contributed by atoms with Crippen LogP contribution < -0.4 is 0 Å². The van der Waals surface area contributed by atoms with Crippen LogP contribution >= 0.6 is 0 Å². The van der Waals surface area contributed by atoms with Crippen LogP contribution in [-0.2, 0) is 18.9 Å². The zero-order valence-electron chi connectivity index (χ0n) is 20.7. The summed E-state index contributed by atoms with van der Waals surface area (Å²) in [6, 6.07) is 0. The molecule has 0 radical (unpaired) electrons. The molecule has 0 amide bonds. The highest BCUT2D eigenvalue weighted by Crippen LogP contribution is 2.29. The summed E-state index contributed by atoms with van der Waals surface area (Å²) >= 11 is 0. The fraction of sp³-hybridized carbons (Fsp3) is 1.00. The van der Waals surface area contributed by atoms with Crippen molar-refractivity contribution in [1.82, 2.24) is 0 Å². The topological polar surface area (TPSA) is 179 Å². The van der Waals surface area contributed by atoms with Crippen LogP contribution in [0, 0.1) is 0 Å². The van der Waals surface area contributed by atoms with E-state index < -0.39 is 74.6 Å². The predicted molar refractivity (Wildman–Crippen MR) is 124 cm³/mol. The van der Waals surface area contributed by atoms with Crippen molar-refractivity contribution in [3.8, 4) is 0 Å². The molecule has 0 saturated carbocycles. The van der Waals surface area contributed by atoms with E-state index in [1.807, 2.05) is 0 Å². The minimum Gasteiger partial charge on any atom is -0.394 e. The third-order valence-corrected chi connectivity index (χ3v) is 6.74. The zero-order chi connectivity index (χ0) is 25.8. The van der Waals surface area contributed by atoms with Gasteiger partial charge in [-0.25, -0.2) is 0 Å². The first-order chi connectivity index (χ1) is 16.8. The van der Waals surface area contributed by atoms with Gasteiger partial charge >= 0.3 is 0 Å². The van der Waals surface area contributed by atoms with Crippen molar-refractivity contribution in [1.29, 1.82) is 0 Å². The van der Waals surface area contributed by atoms with E-state index >= 15 is 0 Å². The first kappa shape index (κ1) is 30.8. The van der Waals surface area contributed by atoms with Crippen molar-refractivity contribution in [2.45, 2.75) is 133 Å². The molecular formula is C24H46O11. The van der Waals surface area contributed by atoms with Gasteiger partial charge in [-0.2, -0.15) is 0 Å². The first-order valence-electron chi connectivity index (χ1n) is 13.1. The predicted octanol–water partition coefficient (Wildman–Crippen LogP) is -0.452. The van der Waals surface area contributed by atoms with Crippen molar-refractivity contribution in [3.05, 3.63) is 0 Å². The lowest BCUT2D eigenvalue weighted by atomic mass is 9.97. The third kappa shape index (κ3) is 9.11. The summed E-state index contributed by atoms with van der Waals surface area (Å²) in [6.07, 6.45) is -2.63. The first-order valence-corrected chi connectivity index (χ1v) is 13.1. The highest BCUT2D eigenvalue weighted by molar-refractivity contribution is 4.94. The summed E-state index contributed by atoms with van der Waals surface area (Å²) in [5.41, 5.74) is 0. The second kappa shape index (κ2) is 16.4. The van der Waals surface area contributed by atoms with Crippen LogP contribution in [0.2, 0.25) is 0 Å². The molecule has 0 aromatic heterocycles. The SMILES string of the molecule is CCCCCCCCCCCCO[C@@H]1O[C@H](CO)[C@@H](OC2O[C@H](CO)[C@@H](O)[C@H](O)[C@H]2O)[C@H](O)[C@H]1O. The Labute approximate surface area is 207 Å². The second-order valence-electron chi connectivity index (χ2n) is 9.56. The van der Waals surface area contributed by atoms with Crippen LogP contribution in [0.4, 0.5) is 0 Å². The summed E-state index contributed by atoms with van der Waals surface area (Å²) < 4.78 is 22.0. The summed E-state index contributed by atoms with van der Waals surface area (Å²) in [5.74, 6) is 0. The molecule has 2 saturated heterocycles. The Morgan fingerprint density at radius 2 is 1.09 bits per heavy atom. The number of aliphatic hydroxyl groups excluding tert-OH is 7. The Morgan fingerprint density at radius 3 is 1.66 bits per heavy atom. The fourth-order valence-corrected chi connectivity index (χ4v) is 4.48. The largest absolute Gasteiger partial charge is 0.394 e. The molecule has 10 atom stereocenters. The molecule has 7 N–H and O–H groups in total. The molecule has 2 fully saturated rings. The molecule has 1 unspecified atom stereocenters. The van der Waals surface area contributed by atoms with Gasteiger partial charge in [-0.3, -0.25) is 0 Å².